The van der Waals surface area contributed by atoms with Crippen LogP contribution in [0.5, 0.6) is 0 Å². The standard InChI is InChI=1S/C27H28N4O2P/c1-31(2)27-29-21-28-25(30-27)18-19-33-26(32)20-34(22-12-6-3-7-13-22,23-14-8-4-9-15-23)24-16-10-5-11-17-24/h3-17,21H,18-20H2,1-2H3/q+1. The van der Waals surface area contributed by atoms with Gasteiger partial charge in [-0.15, -0.1) is 0 Å². The molecule has 0 spiro atoms. The second-order valence-corrected chi connectivity index (χ2v) is 11.5. The lowest BCUT2D eigenvalue weighted by Crippen LogP contribution is -2.36. The van der Waals surface area contributed by atoms with Crippen LogP contribution in [0.2, 0.25) is 0 Å². The van der Waals surface area contributed by atoms with Crippen LogP contribution in [0.15, 0.2) is 97.3 Å². The molecule has 4 aromatic rings. The van der Waals surface area contributed by atoms with Crippen LogP contribution in [0.4, 0.5) is 5.95 Å². The number of hydrogen-bond donors (Lipinski definition) is 0. The number of benzene rings is 3. The van der Waals surface area contributed by atoms with E-state index < -0.39 is 7.26 Å². The zero-order valence-electron chi connectivity index (χ0n) is 19.4. The van der Waals surface area contributed by atoms with Gasteiger partial charge in [0.05, 0.1) is 6.61 Å². The smallest absolute Gasteiger partial charge is 0.345 e. The molecule has 0 unspecified atom stereocenters. The highest BCUT2D eigenvalue weighted by Crippen LogP contribution is 2.55. The number of esters is 1. The van der Waals surface area contributed by atoms with E-state index in [4.69, 9.17) is 4.74 Å². The van der Waals surface area contributed by atoms with Gasteiger partial charge in [0.15, 0.2) is 6.16 Å². The van der Waals surface area contributed by atoms with E-state index in [-0.39, 0.29) is 18.7 Å². The molecule has 4 rings (SSSR count). The van der Waals surface area contributed by atoms with Gasteiger partial charge in [-0.25, -0.2) is 14.8 Å². The fourth-order valence-corrected chi connectivity index (χ4v) is 7.88. The largest absolute Gasteiger partial charge is 0.462 e. The number of ether oxygens (including phenoxy) is 1. The lowest BCUT2D eigenvalue weighted by Gasteiger charge is -2.26. The Labute approximate surface area is 201 Å². The fourth-order valence-electron chi connectivity index (χ4n) is 3.92. The Hall–Kier alpha value is -3.63. The summed E-state index contributed by atoms with van der Waals surface area (Å²) in [5.74, 6) is 0.951. The third-order valence-electron chi connectivity index (χ3n) is 5.55. The Morgan fingerprint density at radius 3 is 1.76 bits per heavy atom. The van der Waals surface area contributed by atoms with E-state index in [9.17, 15) is 4.79 Å². The maximum absolute atomic E-state index is 13.3. The molecule has 0 fully saturated rings. The van der Waals surface area contributed by atoms with Crippen molar-refractivity contribution in [3.63, 3.8) is 0 Å². The molecule has 0 N–H and O–H groups in total. The van der Waals surface area contributed by atoms with Crippen LogP contribution in [0, 0.1) is 0 Å². The lowest BCUT2D eigenvalue weighted by atomic mass is 10.4. The highest BCUT2D eigenvalue weighted by molar-refractivity contribution is 7.96. The molecule has 0 bridgehead atoms. The molecule has 6 nitrogen and oxygen atoms in total. The summed E-state index contributed by atoms with van der Waals surface area (Å²) in [7, 11) is 1.48. The summed E-state index contributed by atoms with van der Waals surface area (Å²) in [6, 6.07) is 30.9. The van der Waals surface area contributed by atoms with E-state index in [1.165, 1.54) is 6.33 Å². The molecular formula is C27H28N4O2P+. The molecule has 0 saturated heterocycles. The van der Waals surface area contributed by atoms with Gasteiger partial charge in [-0.3, -0.25) is 0 Å². The molecule has 0 radical (unpaired) electrons. The Balaban J connectivity index is 1.61. The number of carbonyl (C=O) groups excluding carboxylic acids is 1. The van der Waals surface area contributed by atoms with Crippen LogP contribution in [0.3, 0.4) is 0 Å². The van der Waals surface area contributed by atoms with E-state index in [0.29, 0.717) is 18.2 Å². The first-order chi connectivity index (χ1) is 16.6. The molecule has 0 saturated carbocycles. The molecule has 172 valence electrons. The van der Waals surface area contributed by atoms with Crippen LogP contribution in [0.1, 0.15) is 5.82 Å². The summed E-state index contributed by atoms with van der Waals surface area (Å²) < 4.78 is 5.74. The third kappa shape index (κ3) is 5.29. The molecule has 7 heteroatoms. The molecule has 0 amide bonds. The normalized spacial score (nSPS) is 11.1. The van der Waals surface area contributed by atoms with Crippen LogP contribution in [-0.2, 0) is 16.0 Å². The maximum Gasteiger partial charge on any atom is 0.345 e. The van der Waals surface area contributed by atoms with Gasteiger partial charge in [0.2, 0.25) is 5.95 Å². The van der Waals surface area contributed by atoms with Crippen LogP contribution < -0.4 is 20.8 Å². The molecule has 34 heavy (non-hydrogen) atoms. The summed E-state index contributed by atoms with van der Waals surface area (Å²) in [6.07, 6.45) is 2.20. The third-order valence-corrected chi connectivity index (χ3v) is 9.83. The van der Waals surface area contributed by atoms with Crippen molar-refractivity contribution in [3.05, 3.63) is 103 Å². The molecule has 3 aromatic carbocycles. The molecular weight excluding hydrogens is 443 g/mol. The van der Waals surface area contributed by atoms with Gasteiger partial charge in [-0.1, -0.05) is 54.6 Å². The highest BCUT2D eigenvalue weighted by Gasteiger charge is 2.47. The number of carbonyl (C=O) groups is 1. The quantitative estimate of drug-likeness (QED) is 0.276. The molecule has 0 aliphatic carbocycles. The van der Waals surface area contributed by atoms with E-state index in [1.807, 2.05) is 73.6 Å². The van der Waals surface area contributed by atoms with Crippen LogP contribution in [0.25, 0.3) is 0 Å². The van der Waals surface area contributed by atoms with Crippen molar-refractivity contribution in [2.75, 3.05) is 31.8 Å². The summed E-state index contributed by atoms with van der Waals surface area (Å²) >= 11 is 0. The lowest BCUT2D eigenvalue weighted by molar-refractivity contribution is -0.140. The second kappa shape index (κ2) is 11.0. The first-order valence-corrected chi connectivity index (χ1v) is 13.1. The van der Waals surface area contributed by atoms with Gasteiger partial charge in [0.1, 0.15) is 35.3 Å². The van der Waals surface area contributed by atoms with Crippen molar-refractivity contribution < 1.29 is 9.53 Å². The summed E-state index contributed by atoms with van der Waals surface area (Å²) in [4.78, 5) is 27.8. The first-order valence-electron chi connectivity index (χ1n) is 11.2. The Kier molecular flexibility index (Phi) is 7.61. The number of anilines is 1. The number of hydrogen-bond acceptors (Lipinski definition) is 6. The van der Waals surface area contributed by atoms with Crippen molar-refractivity contribution in [1.82, 2.24) is 15.0 Å². The zero-order chi connectivity index (χ0) is 23.8. The number of aromatic nitrogens is 3. The van der Waals surface area contributed by atoms with Crippen molar-refractivity contribution in [1.29, 1.82) is 0 Å². The van der Waals surface area contributed by atoms with Crippen molar-refractivity contribution >= 4 is 35.1 Å². The zero-order valence-corrected chi connectivity index (χ0v) is 20.3. The minimum absolute atomic E-state index is 0.216. The minimum Gasteiger partial charge on any atom is -0.462 e. The van der Waals surface area contributed by atoms with E-state index in [1.54, 1.807) is 0 Å². The average molecular weight is 472 g/mol. The second-order valence-electron chi connectivity index (χ2n) is 8.04. The first kappa shape index (κ1) is 23.5. The fraction of sp³-hybridized carbons (Fsp3) is 0.185. The van der Waals surface area contributed by atoms with Crippen LogP contribution >= 0.6 is 7.26 Å². The van der Waals surface area contributed by atoms with E-state index in [2.05, 4.69) is 51.4 Å². The Morgan fingerprint density at radius 2 is 1.29 bits per heavy atom. The Morgan fingerprint density at radius 1 is 0.794 bits per heavy atom. The highest BCUT2D eigenvalue weighted by atomic mass is 31.2. The monoisotopic (exact) mass is 471 g/mol. The summed E-state index contributed by atoms with van der Waals surface area (Å²) in [5, 5.41) is 3.45. The van der Waals surface area contributed by atoms with E-state index >= 15 is 0 Å². The van der Waals surface area contributed by atoms with Gasteiger partial charge in [0, 0.05) is 20.5 Å². The molecule has 1 aromatic heterocycles. The Bertz CT molecular complexity index is 1110. The molecule has 1 heterocycles. The van der Waals surface area contributed by atoms with Gasteiger partial charge >= 0.3 is 5.97 Å². The van der Waals surface area contributed by atoms with Gasteiger partial charge in [-0.05, 0) is 36.4 Å². The predicted molar refractivity (Wildman–Crippen MR) is 139 cm³/mol. The van der Waals surface area contributed by atoms with Crippen molar-refractivity contribution in [2.45, 2.75) is 6.42 Å². The number of rotatable bonds is 9. The van der Waals surface area contributed by atoms with Crippen LogP contribution in [-0.4, -0.2) is 47.8 Å². The van der Waals surface area contributed by atoms with E-state index in [0.717, 1.165) is 15.9 Å². The summed E-state index contributed by atoms with van der Waals surface area (Å²) in [6.45, 7) is 0.216. The van der Waals surface area contributed by atoms with Crippen molar-refractivity contribution in [3.8, 4) is 0 Å². The van der Waals surface area contributed by atoms with Gasteiger partial charge < -0.3 is 9.64 Å². The SMILES string of the molecule is CN(C)c1ncnc(CCOC(=O)C[P+](c2ccccc2)(c2ccccc2)c2ccccc2)n1. The molecule has 0 aliphatic heterocycles. The predicted octanol–water partition coefficient (Wildman–Crippen LogP) is 3.02. The average Bonchev–Trinajstić information content (AvgIpc) is 2.89. The summed E-state index contributed by atoms with van der Waals surface area (Å²) in [5.41, 5.74) is 0. The molecule has 0 aliphatic rings. The molecule has 0 atom stereocenters. The topological polar surface area (TPSA) is 68.2 Å². The minimum atomic E-state index is -2.26. The van der Waals surface area contributed by atoms with Crippen molar-refractivity contribution in [2.24, 2.45) is 0 Å². The van der Waals surface area contributed by atoms with Gasteiger partial charge in [-0.2, -0.15) is 4.98 Å². The number of nitrogens with zero attached hydrogens (tertiary/aromatic N) is 4. The van der Waals surface area contributed by atoms with Gasteiger partial charge in [0.25, 0.3) is 0 Å². The maximum atomic E-state index is 13.3.